The van der Waals surface area contributed by atoms with Crippen LogP contribution in [0.2, 0.25) is 0 Å². The molecule has 2 rings (SSSR count). The van der Waals surface area contributed by atoms with Crippen molar-refractivity contribution < 1.29 is 19.7 Å². The third-order valence-corrected chi connectivity index (χ3v) is 2.68. The molecule has 2 aromatic rings. The van der Waals surface area contributed by atoms with Gasteiger partial charge in [0.15, 0.2) is 6.10 Å². The number of hydrogen-bond donors (Lipinski definition) is 3. The Bertz CT molecular complexity index is 546. The van der Waals surface area contributed by atoms with Crippen LogP contribution >= 0.6 is 0 Å². The van der Waals surface area contributed by atoms with E-state index in [-0.39, 0.29) is 6.42 Å². The molecule has 5 nitrogen and oxygen atoms in total. The van der Waals surface area contributed by atoms with Gasteiger partial charge in [0.1, 0.15) is 5.75 Å². The monoisotopic (exact) mass is 235 g/mol. The van der Waals surface area contributed by atoms with Gasteiger partial charge in [0.25, 0.3) is 0 Å². The molecule has 0 amide bonds. The normalized spacial score (nSPS) is 12.6. The average Bonchev–Trinajstić information content (AvgIpc) is 2.72. The highest BCUT2D eigenvalue weighted by Crippen LogP contribution is 2.27. The van der Waals surface area contributed by atoms with Crippen molar-refractivity contribution in [1.82, 2.24) is 4.98 Å². The molecule has 0 saturated carbocycles. The van der Waals surface area contributed by atoms with Crippen LogP contribution in [-0.2, 0) is 11.2 Å². The minimum absolute atomic E-state index is 0.0719. The van der Waals surface area contributed by atoms with E-state index in [1.807, 2.05) is 18.2 Å². The number of fused-ring (bicyclic) bond motifs is 1. The first-order chi connectivity index (χ1) is 8.13. The van der Waals surface area contributed by atoms with Crippen molar-refractivity contribution in [2.45, 2.75) is 12.5 Å². The zero-order chi connectivity index (χ0) is 12.4. The van der Waals surface area contributed by atoms with E-state index in [9.17, 15) is 9.90 Å². The zero-order valence-corrected chi connectivity index (χ0v) is 9.30. The summed E-state index contributed by atoms with van der Waals surface area (Å²) in [5.74, 6) is -0.527. The quantitative estimate of drug-likeness (QED) is 0.742. The molecule has 1 atom stereocenters. The van der Waals surface area contributed by atoms with Gasteiger partial charge in [0.2, 0.25) is 0 Å². The molecule has 0 saturated heterocycles. The smallest absolute Gasteiger partial charge is 0.332 e. The number of ether oxygens (including phenoxy) is 1. The minimum atomic E-state index is -1.39. The topological polar surface area (TPSA) is 82.6 Å². The van der Waals surface area contributed by atoms with Gasteiger partial charge in [0.05, 0.1) is 12.6 Å². The number of aliphatic hydroxyl groups is 1. The van der Waals surface area contributed by atoms with E-state index in [0.717, 1.165) is 16.5 Å². The van der Waals surface area contributed by atoms with Crippen molar-refractivity contribution in [3.8, 4) is 5.75 Å². The Balaban J connectivity index is 2.40. The first kappa shape index (κ1) is 11.5. The van der Waals surface area contributed by atoms with Crippen LogP contribution in [0.1, 0.15) is 5.56 Å². The molecule has 0 aliphatic carbocycles. The van der Waals surface area contributed by atoms with Gasteiger partial charge in [-0.2, -0.15) is 0 Å². The second-order valence-electron chi connectivity index (χ2n) is 3.75. The summed E-state index contributed by atoms with van der Waals surface area (Å²) >= 11 is 0. The predicted molar refractivity (Wildman–Crippen MR) is 62.2 cm³/mol. The van der Waals surface area contributed by atoms with Gasteiger partial charge in [-0.25, -0.2) is 4.79 Å². The molecular weight excluding hydrogens is 222 g/mol. The molecule has 17 heavy (non-hydrogen) atoms. The second-order valence-corrected chi connectivity index (χ2v) is 3.75. The van der Waals surface area contributed by atoms with Gasteiger partial charge in [-0.15, -0.1) is 0 Å². The fraction of sp³-hybridized carbons (Fsp3) is 0.250. The Labute approximate surface area is 97.6 Å². The summed E-state index contributed by atoms with van der Waals surface area (Å²) < 4.78 is 5.18. The Morgan fingerprint density at radius 2 is 2.29 bits per heavy atom. The van der Waals surface area contributed by atoms with Gasteiger partial charge in [-0.1, -0.05) is 12.1 Å². The largest absolute Gasteiger partial charge is 0.495 e. The third-order valence-electron chi connectivity index (χ3n) is 2.68. The molecule has 0 unspecified atom stereocenters. The van der Waals surface area contributed by atoms with Crippen LogP contribution in [0.25, 0.3) is 10.9 Å². The second kappa shape index (κ2) is 4.47. The fourth-order valence-electron chi connectivity index (χ4n) is 1.82. The number of nitrogens with one attached hydrogen (secondary N) is 1. The summed E-state index contributed by atoms with van der Waals surface area (Å²) in [4.78, 5) is 13.6. The highest BCUT2D eigenvalue weighted by molar-refractivity contribution is 5.88. The van der Waals surface area contributed by atoms with E-state index in [0.29, 0.717) is 5.75 Å². The number of para-hydroxylation sites is 1. The maximum absolute atomic E-state index is 10.6. The number of aliphatic hydroxyl groups excluding tert-OH is 1. The highest BCUT2D eigenvalue weighted by Gasteiger charge is 2.16. The van der Waals surface area contributed by atoms with Gasteiger partial charge >= 0.3 is 5.97 Å². The first-order valence-corrected chi connectivity index (χ1v) is 5.17. The number of rotatable bonds is 4. The summed E-state index contributed by atoms with van der Waals surface area (Å²) in [6, 6.07) is 5.50. The summed E-state index contributed by atoms with van der Waals surface area (Å²) in [6.45, 7) is 0. The first-order valence-electron chi connectivity index (χ1n) is 5.17. The number of hydrogen-bond acceptors (Lipinski definition) is 3. The predicted octanol–water partition coefficient (Wildman–Crippen LogP) is 1.16. The molecule has 3 N–H and O–H groups in total. The van der Waals surface area contributed by atoms with Crippen molar-refractivity contribution in [3.05, 3.63) is 30.0 Å². The van der Waals surface area contributed by atoms with Crippen LogP contribution in [-0.4, -0.2) is 34.4 Å². The van der Waals surface area contributed by atoms with E-state index in [4.69, 9.17) is 9.84 Å². The highest BCUT2D eigenvalue weighted by atomic mass is 16.5. The lowest BCUT2D eigenvalue weighted by molar-refractivity contribution is -0.146. The van der Waals surface area contributed by atoms with Crippen LogP contribution in [0.3, 0.4) is 0 Å². The van der Waals surface area contributed by atoms with Crippen molar-refractivity contribution in [2.24, 2.45) is 0 Å². The lowest BCUT2D eigenvalue weighted by atomic mass is 10.1. The maximum Gasteiger partial charge on any atom is 0.332 e. The number of benzene rings is 1. The average molecular weight is 235 g/mol. The standard InChI is InChI=1S/C12H13NO4/c1-17-10-4-2-3-8-7(6-13-11(8)10)5-9(14)12(15)16/h2-4,6,9,13-14H,5H2,1H3,(H,15,16)/t9-/m0/s1. The zero-order valence-electron chi connectivity index (χ0n) is 9.30. The van der Waals surface area contributed by atoms with E-state index < -0.39 is 12.1 Å². The number of carboxylic acid groups (broad SMARTS) is 1. The minimum Gasteiger partial charge on any atom is -0.495 e. The number of aromatic nitrogens is 1. The van der Waals surface area contributed by atoms with Gasteiger partial charge in [-0.05, 0) is 11.6 Å². The Hall–Kier alpha value is -2.01. The molecule has 0 radical (unpaired) electrons. The lowest BCUT2D eigenvalue weighted by Gasteiger charge is -2.04. The van der Waals surface area contributed by atoms with Crippen molar-refractivity contribution in [2.75, 3.05) is 7.11 Å². The number of aliphatic carboxylic acids is 1. The van der Waals surface area contributed by atoms with Crippen molar-refractivity contribution in [1.29, 1.82) is 0 Å². The van der Waals surface area contributed by atoms with Gasteiger partial charge in [-0.3, -0.25) is 0 Å². The molecule has 1 heterocycles. The molecule has 0 spiro atoms. The van der Waals surface area contributed by atoms with E-state index >= 15 is 0 Å². The molecule has 1 aromatic heterocycles. The van der Waals surface area contributed by atoms with Crippen molar-refractivity contribution in [3.63, 3.8) is 0 Å². The maximum atomic E-state index is 10.6. The molecule has 0 fully saturated rings. The van der Waals surface area contributed by atoms with Crippen molar-refractivity contribution >= 4 is 16.9 Å². The number of methoxy groups -OCH3 is 1. The van der Waals surface area contributed by atoms with Gasteiger partial charge < -0.3 is 19.9 Å². The van der Waals surface area contributed by atoms with Crippen LogP contribution < -0.4 is 4.74 Å². The summed E-state index contributed by atoms with van der Waals surface area (Å²) in [5.41, 5.74) is 1.57. The van der Waals surface area contributed by atoms with Gasteiger partial charge in [0, 0.05) is 18.0 Å². The number of H-pyrrole nitrogens is 1. The molecule has 0 aliphatic heterocycles. The fourth-order valence-corrected chi connectivity index (χ4v) is 1.82. The molecule has 1 aromatic carbocycles. The molecular formula is C12H13NO4. The lowest BCUT2D eigenvalue weighted by Crippen LogP contribution is -2.21. The van der Waals surface area contributed by atoms with E-state index in [1.165, 1.54) is 0 Å². The number of carbonyl (C=O) groups is 1. The van der Waals surface area contributed by atoms with Crippen LogP contribution in [0.4, 0.5) is 0 Å². The van der Waals surface area contributed by atoms with Crippen LogP contribution in [0, 0.1) is 0 Å². The molecule has 0 aliphatic rings. The van der Waals surface area contributed by atoms with E-state index in [2.05, 4.69) is 4.98 Å². The van der Waals surface area contributed by atoms with Crippen LogP contribution in [0.15, 0.2) is 24.4 Å². The number of aromatic amines is 1. The molecule has 90 valence electrons. The molecule has 0 bridgehead atoms. The summed E-state index contributed by atoms with van der Waals surface area (Å²) in [5, 5.41) is 18.9. The van der Waals surface area contributed by atoms with Crippen LogP contribution in [0.5, 0.6) is 5.75 Å². The summed E-state index contributed by atoms with van der Waals surface area (Å²) in [6.07, 6.45) is 0.377. The summed E-state index contributed by atoms with van der Waals surface area (Å²) in [7, 11) is 1.57. The third kappa shape index (κ3) is 2.09. The Kier molecular flexibility index (Phi) is 3.01. The SMILES string of the molecule is COc1cccc2c(C[C@H](O)C(=O)O)c[nH]c12. The Morgan fingerprint density at radius 1 is 1.53 bits per heavy atom. The Morgan fingerprint density at radius 3 is 2.94 bits per heavy atom. The number of carboxylic acids is 1. The molecule has 5 heteroatoms. The van der Waals surface area contributed by atoms with E-state index in [1.54, 1.807) is 13.3 Å².